The number of rotatable bonds is 7. The van der Waals surface area contributed by atoms with Gasteiger partial charge in [0.05, 0.1) is 6.10 Å². The van der Waals surface area contributed by atoms with Crippen LogP contribution in [0.1, 0.15) is 37.5 Å². The first-order chi connectivity index (χ1) is 10.8. The maximum atomic E-state index is 13.5. The van der Waals surface area contributed by atoms with E-state index in [1.807, 2.05) is 13.8 Å². The lowest BCUT2D eigenvalue weighted by molar-refractivity contribution is -0.358. The van der Waals surface area contributed by atoms with E-state index >= 15 is 0 Å². The van der Waals surface area contributed by atoms with Gasteiger partial charge in [-0.1, -0.05) is 38.1 Å². The molecule has 0 aliphatic heterocycles. The Labute approximate surface area is 135 Å². The van der Waals surface area contributed by atoms with Crippen LogP contribution in [-0.4, -0.2) is 25.1 Å². The van der Waals surface area contributed by atoms with E-state index in [0.29, 0.717) is 5.92 Å². The van der Waals surface area contributed by atoms with Crippen LogP contribution in [0.2, 0.25) is 0 Å². The molecule has 0 amide bonds. The molecule has 8 heteroatoms. The SMILES string of the molecule is COC(CC(F)(F)C(F)(F)C(F)(F)F)c1ccc(CC(C)C)cc1. The van der Waals surface area contributed by atoms with Gasteiger partial charge in [0, 0.05) is 13.5 Å². The van der Waals surface area contributed by atoms with Crippen molar-refractivity contribution in [1.82, 2.24) is 0 Å². The first-order valence-corrected chi connectivity index (χ1v) is 7.26. The monoisotopic (exact) mass is 360 g/mol. The highest BCUT2D eigenvalue weighted by Gasteiger charge is 2.73. The van der Waals surface area contributed by atoms with Gasteiger partial charge in [-0.05, 0) is 23.5 Å². The largest absolute Gasteiger partial charge is 0.459 e. The molecule has 0 saturated heterocycles. The topological polar surface area (TPSA) is 9.23 Å². The first kappa shape index (κ1) is 20.7. The summed E-state index contributed by atoms with van der Waals surface area (Å²) in [6.07, 6.45) is -8.98. The second-order valence-corrected chi connectivity index (χ2v) is 6.04. The van der Waals surface area contributed by atoms with E-state index in [-0.39, 0.29) is 5.56 Å². The molecule has 0 radical (unpaired) electrons. The summed E-state index contributed by atoms with van der Waals surface area (Å²) in [6.45, 7) is 3.96. The summed E-state index contributed by atoms with van der Waals surface area (Å²) in [6, 6.07) is 6.02. The highest BCUT2D eigenvalue weighted by atomic mass is 19.4. The number of ether oxygens (including phenoxy) is 1. The van der Waals surface area contributed by atoms with E-state index in [0.717, 1.165) is 19.1 Å². The lowest BCUT2D eigenvalue weighted by Crippen LogP contribution is -2.52. The Morgan fingerprint density at radius 1 is 0.917 bits per heavy atom. The van der Waals surface area contributed by atoms with Gasteiger partial charge in [0.2, 0.25) is 0 Å². The molecule has 1 aromatic rings. The molecule has 0 N–H and O–H groups in total. The van der Waals surface area contributed by atoms with Crippen molar-refractivity contribution in [1.29, 1.82) is 0 Å². The zero-order valence-corrected chi connectivity index (χ0v) is 13.4. The fourth-order valence-electron chi connectivity index (χ4n) is 2.25. The molecule has 0 aromatic heterocycles. The van der Waals surface area contributed by atoms with Crippen LogP contribution in [0.5, 0.6) is 0 Å². The molecule has 138 valence electrons. The van der Waals surface area contributed by atoms with Crippen LogP contribution in [0, 0.1) is 5.92 Å². The summed E-state index contributed by atoms with van der Waals surface area (Å²) in [5.41, 5.74) is 1.01. The van der Waals surface area contributed by atoms with Crippen molar-refractivity contribution in [3.63, 3.8) is 0 Å². The smallest absolute Gasteiger partial charge is 0.377 e. The molecular weight excluding hydrogens is 341 g/mol. The molecule has 24 heavy (non-hydrogen) atoms. The van der Waals surface area contributed by atoms with Gasteiger partial charge in [-0.2, -0.15) is 30.7 Å². The Hall–Kier alpha value is -1.31. The Morgan fingerprint density at radius 3 is 1.79 bits per heavy atom. The van der Waals surface area contributed by atoms with E-state index in [9.17, 15) is 30.7 Å². The van der Waals surface area contributed by atoms with Crippen LogP contribution >= 0.6 is 0 Å². The minimum atomic E-state index is -6.34. The van der Waals surface area contributed by atoms with E-state index in [1.54, 1.807) is 12.1 Å². The number of hydrogen-bond acceptors (Lipinski definition) is 1. The van der Waals surface area contributed by atoms with Gasteiger partial charge in [0.1, 0.15) is 0 Å². The summed E-state index contributed by atoms with van der Waals surface area (Å²) in [4.78, 5) is 0. The van der Waals surface area contributed by atoms with Gasteiger partial charge in [-0.15, -0.1) is 0 Å². The lowest BCUT2D eigenvalue weighted by atomic mass is 9.96. The van der Waals surface area contributed by atoms with Gasteiger partial charge in [-0.3, -0.25) is 0 Å². The lowest BCUT2D eigenvalue weighted by Gasteiger charge is -2.30. The Kier molecular flexibility index (Phi) is 6.30. The van der Waals surface area contributed by atoms with Crippen molar-refractivity contribution in [3.05, 3.63) is 35.4 Å². The third-order valence-corrected chi connectivity index (χ3v) is 3.54. The first-order valence-electron chi connectivity index (χ1n) is 7.26. The minimum absolute atomic E-state index is 0.114. The standard InChI is InChI=1S/C16H19F7O/c1-10(2)8-11-4-6-12(7-5-11)13(24-3)9-14(17,18)15(19,20)16(21,22)23/h4-7,10,13H,8-9H2,1-3H3. The Balaban J connectivity index is 2.98. The van der Waals surface area contributed by atoms with Crippen molar-refractivity contribution >= 4 is 0 Å². The third kappa shape index (κ3) is 4.62. The zero-order chi connectivity index (χ0) is 18.8. The Morgan fingerprint density at radius 2 is 1.42 bits per heavy atom. The quantitative estimate of drug-likeness (QED) is 0.559. The van der Waals surface area contributed by atoms with Crippen LogP contribution in [0.25, 0.3) is 0 Å². The summed E-state index contributed by atoms with van der Waals surface area (Å²) in [5, 5.41) is 0. The van der Waals surface area contributed by atoms with Crippen molar-refractivity contribution in [2.75, 3.05) is 7.11 Å². The van der Waals surface area contributed by atoms with Gasteiger partial charge >= 0.3 is 18.0 Å². The number of halogens is 7. The normalized spacial score (nSPS) is 15.0. The highest BCUT2D eigenvalue weighted by Crippen LogP contribution is 2.50. The molecule has 0 aliphatic carbocycles. The van der Waals surface area contributed by atoms with Gasteiger partial charge in [0.25, 0.3) is 0 Å². The van der Waals surface area contributed by atoms with Crippen LogP contribution in [0.4, 0.5) is 30.7 Å². The number of benzene rings is 1. The predicted molar refractivity (Wildman–Crippen MR) is 75.3 cm³/mol. The molecule has 0 bridgehead atoms. The van der Waals surface area contributed by atoms with E-state index in [4.69, 9.17) is 4.74 Å². The molecule has 0 fully saturated rings. The summed E-state index contributed by atoms with van der Waals surface area (Å²) >= 11 is 0. The zero-order valence-electron chi connectivity index (χ0n) is 13.4. The van der Waals surface area contributed by atoms with Crippen LogP contribution in [0.15, 0.2) is 24.3 Å². The fraction of sp³-hybridized carbons (Fsp3) is 0.625. The maximum absolute atomic E-state index is 13.5. The van der Waals surface area contributed by atoms with Crippen molar-refractivity contribution in [2.45, 2.75) is 50.8 Å². The van der Waals surface area contributed by atoms with Crippen molar-refractivity contribution in [2.24, 2.45) is 5.92 Å². The number of alkyl halides is 7. The second kappa shape index (κ2) is 7.29. The minimum Gasteiger partial charge on any atom is -0.377 e. The van der Waals surface area contributed by atoms with E-state index < -0.39 is 30.5 Å². The second-order valence-electron chi connectivity index (χ2n) is 6.04. The summed E-state index contributed by atoms with van der Waals surface area (Å²) in [5.74, 6) is -11.1. The molecule has 1 rings (SSSR count). The molecule has 0 saturated carbocycles. The molecule has 1 nitrogen and oxygen atoms in total. The maximum Gasteiger partial charge on any atom is 0.459 e. The van der Waals surface area contributed by atoms with E-state index in [1.165, 1.54) is 12.1 Å². The number of hydrogen-bond donors (Lipinski definition) is 0. The highest BCUT2D eigenvalue weighted by molar-refractivity contribution is 5.25. The van der Waals surface area contributed by atoms with Crippen LogP contribution in [0.3, 0.4) is 0 Å². The van der Waals surface area contributed by atoms with E-state index in [2.05, 4.69) is 0 Å². The van der Waals surface area contributed by atoms with Gasteiger partial charge in [0.15, 0.2) is 0 Å². The van der Waals surface area contributed by atoms with Gasteiger partial charge in [-0.25, -0.2) is 0 Å². The molecule has 0 heterocycles. The molecular formula is C16H19F7O. The predicted octanol–water partition coefficient (Wildman–Crippen LogP) is 5.80. The summed E-state index contributed by atoms with van der Waals surface area (Å²) < 4.78 is 94.3. The van der Waals surface area contributed by atoms with Crippen molar-refractivity contribution in [3.8, 4) is 0 Å². The molecule has 0 aliphatic rings. The van der Waals surface area contributed by atoms with Crippen LogP contribution < -0.4 is 0 Å². The summed E-state index contributed by atoms with van der Waals surface area (Å²) in [7, 11) is 0.981. The molecule has 1 aromatic carbocycles. The molecule has 1 unspecified atom stereocenters. The Bertz CT molecular complexity index is 520. The van der Waals surface area contributed by atoms with Gasteiger partial charge < -0.3 is 4.74 Å². The number of methoxy groups -OCH3 is 1. The van der Waals surface area contributed by atoms with Crippen LogP contribution in [-0.2, 0) is 11.2 Å². The fourth-order valence-corrected chi connectivity index (χ4v) is 2.25. The van der Waals surface area contributed by atoms with Crippen molar-refractivity contribution < 1.29 is 35.5 Å². The molecule has 1 atom stereocenters. The average Bonchev–Trinajstić information content (AvgIpc) is 2.43. The average molecular weight is 360 g/mol. The molecule has 0 spiro atoms. The third-order valence-electron chi connectivity index (χ3n) is 3.54.